The third-order valence-electron chi connectivity index (χ3n) is 6.71. The van der Waals surface area contributed by atoms with Gasteiger partial charge in [-0.2, -0.15) is 0 Å². The first-order valence-electron chi connectivity index (χ1n) is 11.3. The van der Waals surface area contributed by atoms with Crippen molar-refractivity contribution in [3.63, 3.8) is 0 Å². The van der Waals surface area contributed by atoms with Crippen molar-refractivity contribution < 1.29 is 8.78 Å². The van der Waals surface area contributed by atoms with E-state index in [2.05, 4.69) is 29.9 Å². The first-order chi connectivity index (χ1) is 16.4. The van der Waals surface area contributed by atoms with E-state index in [9.17, 15) is 8.78 Å². The fourth-order valence-corrected chi connectivity index (χ4v) is 5.51. The highest BCUT2D eigenvalue weighted by molar-refractivity contribution is 6.31. The summed E-state index contributed by atoms with van der Waals surface area (Å²) < 4.78 is 28.1. The second-order valence-corrected chi connectivity index (χ2v) is 10.7. The average Bonchev–Trinajstić information content (AvgIpc) is 3.36. The zero-order valence-corrected chi connectivity index (χ0v) is 21.7. The quantitative estimate of drug-likeness (QED) is 0.308. The molecule has 0 spiro atoms. The number of rotatable bonds is 7. The van der Waals surface area contributed by atoms with Crippen LogP contribution in [0.25, 0.3) is 5.70 Å². The lowest BCUT2D eigenvalue weighted by Gasteiger charge is -2.17. The highest BCUT2D eigenvalue weighted by atomic mass is 35.5. The van der Waals surface area contributed by atoms with Crippen molar-refractivity contribution >= 4 is 40.3 Å². The molecule has 1 fully saturated rings. The number of hydrogen-bond acceptors (Lipinski definition) is 2. The maximum atomic E-state index is 14.5. The molecule has 1 aliphatic carbocycles. The van der Waals surface area contributed by atoms with Crippen LogP contribution in [0.3, 0.4) is 0 Å². The van der Waals surface area contributed by atoms with E-state index in [1.165, 1.54) is 19.1 Å². The Morgan fingerprint density at radius 2 is 1.69 bits per heavy atom. The summed E-state index contributed by atoms with van der Waals surface area (Å²) in [6, 6.07) is 14.4. The van der Waals surface area contributed by atoms with Crippen molar-refractivity contribution in [3.8, 4) is 0 Å². The summed E-state index contributed by atoms with van der Waals surface area (Å²) in [5.74, 6) is -1.11. The minimum absolute atomic E-state index is 0.0180. The molecule has 0 aromatic heterocycles. The van der Waals surface area contributed by atoms with E-state index in [1.54, 1.807) is 0 Å². The molecule has 0 heterocycles. The van der Waals surface area contributed by atoms with Gasteiger partial charge in [0.2, 0.25) is 0 Å². The average molecular weight is 513 g/mol. The zero-order valence-electron chi connectivity index (χ0n) is 20.2. The van der Waals surface area contributed by atoms with E-state index in [4.69, 9.17) is 23.2 Å². The Kier molecular flexibility index (Phi) is 6.74. The molecule has 2 nitrogen and oxygen atoms in total. The monoisotopic (exact) mass is 512 g/mol. The van der Waals surface area contributed by atoms with Crippen molar-refractivity contribution in [2.24, 2.45) is 5.92 Å². The van der Waals surface area contributed by atoms with Crippen LogP contribution in [0.1, 0.15) is 40.7 Å². The molecular formula is C29H28Cl2F2N2. The predicted octanol–water partition coefficient (Wildman–Crippen LogP) is 8.96. The molecule has 3 aromatic carbocycles. The lowest BCUT2D eigenvalue weighted by atomic mass is 10.0. The smallest absolute Gasteiger partial charge is 0.152 e. The van der Waals surface area contributed by atoms with Crippen molar-refractivity contribution in [3.05, 3.63) is 112 Å². The van der Waals surface area contributed by atoms with Crippen LogP contribution in [0.2, 0.25) is 5.02 Å². The normalized spacial score (nSPS) is 20.9. The largest absolute Gasteiger partial charge is 0.359 e. The molecule has 4 rings (SSSR count). The molecule has 6 heteroatoms. The minimum Gasteiger partial charge on any atom is -0.359 e. The van der Waals surface area contributed by atoms with Gasteiger partial charge in [-0.1, -0.05) is 36.9 Å². The second-order valence-electron chi connectivity index (χ2n) is 9.49. The molecule has 182 valence electrons. The maximum Gasteiger partial charge on any atom is 0.152 e. The summed E-state index contributed by atoms with van der Waals surface area (Å²) in [5.41, 5.74) is 6.20. The molecule has 1 saturated carbocycles. The summed E-state index contributed by atoms with van der Waals surface area (Å²) in [6.45, 7) is 15.7. The molecule has 0 bridgehead atoms. The van der Waals surface area contributed by atoms with Gasteiger partial charge < -0.3 is 10.6 Å². The molecule has 2 N–H and O–H groups in total. The lowest BCUT2D eigenvalue weighted by Crippen LogP contribution is -2.07. The number of hydrogen-bond donors (Lipinski definition) is 2. The highest BCUT2D eigenvalue weighted by Gasteiger charge is 2.62. The van der Waals surface area contributed by atoms with Crippen LogP contribution in [0.4, 0.5) is 20.2 Å². The summed E-state index contributed by atoms with van der Waals surface area (Å²) in [4.78, 5) is -0.474. The molecular weight excluding hydrogens is 485 g/mol. The summed E-state index contributed by atoms with van der Waals surface area (Å²) in [6.07, 6.45) is 0. The van der Waals surface area contributed by atoms with Crippen LogP contribution >= 0.6 is 23.2 Å². The van der Waals surface area contributed by atoms with Gasteiger partial charge in [-0.25, -0.2) is 8.78 Å². The van der Waals surface area contributed by atoms with Gasteiger partial charge in [0, 0.05) is 45.1 Å². The predicted molar refractivity (Wildman–Crippen MR) is 144 cm³/mol. The van der Waals surface area contributed by atoms with Crippen LogP contribution in [0.15, 0.2) is 67.4 Å². The van der Waals surface area contributed by atoms with Gasteiger partial charge in [0.25, 0.3) is 0 Å². The number of anilines is 2. The highest BCUT2D eigenvalue weighted by Crippen LogP contribution is 2.64. The van der Waals surface area contributed by atoms with Crippen LogP contribution in [-0.4, -0.2) is 4.87 Å². The van der Waals surface area contributed by atoms with E-state index in [0.29, 0.717) is 10.7 Å². The Morgan fingerprint density at radius 1 is 0.971 bits per heavy atom. The summed E-state index contributed by atoms with van der Waals surface area (Å²) >= 11 is 13.2. The number of aryl methyl sites for hydroxylation is 2. The van der Waals surface area contributed by atoms with Gasteiger partial charge in [0.1, 0.15) is 5.82 Å². The molecule has 35 heavy (non-hydrogen) atoms. The van der Waals surface area contributed by atoms with E-state index >= 15 is 0 Å². The molecule has 3 aromatic rings. The third-order valence-corrected chi connectivity index (χ3v) is 7.40. The van der Waals surface area contributed by atoms with Crippen LogP contribution in [0, 0.1) is 38.3 Å². The Labute approximate surface area is 215 Å². The Bertz CT molecular complexity index is 1330. The summed E-state index contributed by atoms with van der Waals surface area (Å²) in [7, 11) is 0. The van der Waals surface area contributed by atoms with Crippen molar-refractivity contribution in [1.29, 1.82) is 0 Å². The van der Waals surface area contributed by atoms with Gasteiger partial charge in [0.15, 0.2) is 5.82 Å². The van der Waals surface area contributed by atoms with Gasteiger partial charge >= 0.3 is 0 Å². The van der Waals surface area contributed by atoms with E-state index < -0.39 is 16.5 Å². The number of allylic oxidation sites excluding steroid dienone is 1. The van der Waals surface area contributed by atoms with Crippen molar-refractivity contribution in [2.45, 2.75) is 38.5 Å². The third kappa shape index (κ3) is 4.96. The van der Waals surface area contributed by atoms with E-state index in [1.807, 2.05) is 51.1 Å². The van der Waals surface area contributed by atoms with Crippen LogP contribution < -0.4 is 10.6 Å². The molecule has 0 amide bonds. The molecule has 0 aliphatic heterocycles. The van der Waals surface area contributed by atoms with Gasteiger partial charge in [-0.05, 0) is 80.8 Å². The Balaban J connectivity index is 1.52. The van der Waals surface area contributed by atoms with Gasteiger partial charge in [-0.15, -0.1) is 11.6 Å². The van der Waals surface area contributed by atoms with Gasteiger partial charge in [0.05, 0.1) is 10.6 Å². The first kappa shape index (κ1) is 25.3. The van der Waals surface area contributed by atoms with Crippen molar-refractivity contribution in [2.75, 3.05) is 10.6 Å². The standard InChI is InChI=1S/C29H28Cl2F2N2/c1-15-11-20(13-21(30)12-15)27-26(29(27,6)31)19(5)34-22-8-7-16(2)23(14-22)18(4)35-25-10-9-24(32)17(3)28(25)33/h7-14,26-27,34-35H,4-5H2,1-3,6H3. The van der Waals surface area contributed by atoms with Crippen LogP contribution in [-0.2, 0) is 0 Å². The fraction of sp³-hybridized carbons (Fsp3) is 0.241. The lowest BCUT2D eigenvalue weighted by molar-refractivity contribution is 0.571. The molecule has 0 saturated heterocycles. The van der Waals surface area contributed by atoms with Gasteiger partial charge in [-0.3, -0.25) is 0 Å². The number of benzene rings is 3. The topological polar surface area (TPSA) is 24.1 Å². The molecule has 0 radical (unpaired) electrons. The maximum absolute atomic E-state index is 14.5. The molecule has 3 atom stereocenters. The Hall–Kier alpha value is -2.82. The SMILES string of the molecule is C=C(Nc1ccc(F)c(C)c1F)c1cc(NC(=C)C2C(c3cc(C)cc(Cl)c3)C2(C)Cl)ccc1C. The first-order valence-corrected chi connectivity index (χ1v) is 12.1. The summed E-state index contributed by atoms with van der Waals surface area (Å²) in [5, 5.41) is 7.07. The number of nitrogens with one attached hydrogen (secondary N) is 2. The van der Waals surface area contributed by atoms with Crippen molar-refractivity contribution in [1.82, 2.24) is 0 Å². The van der Waals surface area contributed by atoms with E-state index in [-0.39, 0.29) is 23.1 Å². The number of alkyl halides is 1. The number of halogens is 4. The molecule has 3 unspecified atom stereocenters. The molecule has 1 aliphatic rings. The van der Waals surface area contributed by atoms with E-state index in [0.717, 1.165) is 33.6 Å². The Morgan fingerprint density at radius 3 is 2.37 bits per heavy atom. The minimum atomic E-state index is -0.635. The second kappa shape index (κ2) is 9.33. The zero-order chi connectivity index (χ0) is 25.7. The van der Waals surface area contributed by atoms with Crippen LogP contribution in [0.5, 0.6) is 0 Å². The fourth-order valence-electron chi connectivity index (χ4n) is 4.76.